The van der Waals surface area contributed by atoms with Crippen LogP contribution in [-0.2, 0) is 6.54 Å². The number of nitrogens with one attached hydrogen (secondary N) is 1. The largest absolute Gasteiger partial charge is 0.389 e. The summed E-state index contributed by atoms with van der Waals surface area (Å²) in [7, 11) is 0. The molecule has 1 aliphatic rings. The lowest BCUT2D eigenvalue weighted by Crippen LogP contribution is -2.41. The summed E-state index contributed by atoms with van der Waals surface area (Å²) in [4.78, 5) is 0. The van der Waals surface area contributed by atoms with Crippen molar-refractivity contribution in [3.05, 3.63) is 35.1 Å². The summed E-state index contributed by atoms with van der Waals surface area (Å²) in [6.07, 6.45) is 5.26. The fourth-order valence-corrected chi connectivity index (χ4v) is 2.64. The lowest BCUT2D eigenvalue weighted by molar-refractivity contribution is 0.00467. The van der Waals surface area contributed by atoms with Crippen LogP contribution in [0.4, 0.5) is 4.39 Å². The molecule has 0 aliphatic heterocycles. The molecule has 0 radical (unpaired) electrons. The Morgan fingerprint density at radius 3 is 2.67 bits per heavy atom. The summed E-state index contributed by atoms with van der Waals surface area (Å²) in [6.45, 7) is 3.08. The molecular formula is C15H22FNO. The number of hydrogen-bond donors (Lipinski definition) is 2. The smallest absolute Gasteiger partial charge is 0.126 e. The number of rotatable bonds is 4. The first-order valence-electron chi connectivity index (χ1n) is 6.77. The topological polar surface area (TPSA) is 32.3 Å². The first-order chi connectivity index (χ1) is 8.59. The molecule has 1 aromatic carbocycles. The van der Waals surface area contributed by atoms with Gasteiger partial charge in [-0.3, -0.25) is 0 Å². The van der Waals surface area contributed by atoms with Gasteiger partial charge in [0, 0.05) is 13.1 Å². The average Bonchev–Trinajstić information content (AvgIpc) is 2.34. The predicted octanol–water partition coefficient (Wildman–Crippen LogP) is 2.92. The molecule has 1 aromatic rings. The Bertz CT molecular complexity index is 399. The third-order valence-electron chi connectivity index (χ3n) is 3.79. The van der Waals surface area contributed by atoms with Crippen LogP contribution < -0.4 is 5.32 Å². The molecular weight excluding hydrogens is 229 g/mol. The van der Waals surface area contributed by atoms with Gasteiger partial charge >= 0.3 is 0 Å². The maximum atomic E-state index is 13.1. The third-order valence-corrected chi connectivity index (χ3v) is 3.79. The highest BCUT2D eigenvalue weighted by Gasteiger charge is 2.28. The van der Waals surface area contributed by atoms with Crippen molar-refractivity contribution < 1.29 is 9.50 Å². The van der Waals surface area contributed by atoms with Gasteiger partial charge in [0.2, 0.25) is 0 Å². The van der Waals surface area contributed by atoms with Crippen molar-refractivity contribution in [3.63, 3.8) is 0 Å². The molecule has 0 bridgehead atoms. The molecule has 2 N–H and O–H groups in total. The van der Waals surface area contributed by atoms with Crippen LogP contribution in [0, 0.1) is 12.7 Å². The van der Waals surface area contributed by atoms with E-state index in [0.717, 1.165) is 31.2 Å². The van der Waals surface area contributed by atoms with E-state index in [-0.39, 0.29) is 5.82 Å². The molecule has 1 fully saturated rings. The molecule has 3 heteroatoms. The van der Waals surface area contributed by atoms with E-state index in [0.29, 0.717) is 18.7 Å². The van der Waals surface area contributed by atoms with E-state index in [1.807, 2.05) is 6.07 Å². The minimum absolute atomic E-state index is 0.162. The molecule has 0 aromatic heterocycles. The molecule has 0 saturated heterocycles. The van der Waals surface area contributed by atoms with E-state index < -0.39 is 5.60 Å². The van der Waals surface area contributed by atoms with Gasteiger partial charge < -0.3 is 10.4 Å². The fourth-order valence-electron chi connectivity index (χ4n) is 2.64. The van der Waals surface area contributed by atoms with Gasteiger partial charge in [0.1, 0.15) is 5.82 Å². The molecule has 0 heterocycles. The number of benzene rings is 1. The minimum Gasteiger partial charge on any atom is -0.389 e. The summed E-state index contributed by atoms with van der Waals surface area (Å²) in [5, 5.41) is 13.6. The maximum Gasteiger partial charge on any atom is 0.126 e. The Kier molecular flexibility index (Phi) is 4.36. The van der Waals surface area contributed by atoms with E-state index >= 15 is 0 Å². The molecule has 1 saturated carbocycles. The van der Waals surface area contributed by atoms with E-state index in [1.165, 1.54) is 12.5 Å². The second-order valence-electron chi connectivity index (χ2n) is 5.47. The van der Waals surface area contributed by atoms with Gasteiger partial charge in [0.15, 0.2) is 0 Å². The monoisotopic (exact) mass is 251 g/mol. The van der Waals surface area contributed by atoms with Gasteiger partial charge in [0.05, 0.1) is 5.60 Å². The average molecular weight is 251 g/mol. The van der Waals surface area contributed by atoms with Crippen LogP contribution in [0.15, 0.2) is 18.2 Å². The summed E-state index contributed by atoms with van der Waals surface area (Å²) in [6, 6.07) is 5.15. The second-order valence-corrected chi connectivity index (χ2v) is 5.47. The molecule has 0 amide bonds. The summed E-state index contributed by atoms with van der Waals surface area (Å²) < 4.78 is 13.1. The predicted molar refractivity (Wildman–Crippen MR) is 70.9 cm³/mol. The minimum atomic E-state index is -0.534. The fraction of sp³-hybridized carbons (Fsp3) is 0.600. The van der Waals surface area contributed by atoms with Gasteiger partial charge in [0.25, 0.3) is 0 Å². The Labute approximate surface area is 108 Å². The van der Waals surface area contributed by atoms with Gasteiger partial charge in [-0.25, -0.2) is 4.39 Å². The molecule has 1 aliphatic carbocycles. The molecule has 100 valence electrons. The Hall–Kier alpha value is -0.930. The highest BCUT2D eigenvalue weighted by atomic mass is 19.1. The SMILES string of the molecule is Cc1cc(CNCC2(O)CCCCC2)ccc1F. The maximum absolute atomic E-state index is 13.1. The Morgan fingerprint density at radius 2 is 2.00 bits per heavy atom. The summed E-state index contributed by atoms with van der Waals surface area (Å²) in [5.41, 5.74) is 1.20. The van der Waals surface area contributed by atoms with Gasteiger partial charge in [-0.15, -0.1) is 0 Å². The first-order valence-corrected chi connectivity index (χ1v) is 6.77. The molecule has 0 atom stereocenters. The highest BCUT2D eigenvalue weighted by molar-refractivity contribution is 5.23. The number of halogens is 1. The molecule has 0 unspecified atom stereocenters. The van der Waals surface area contributed by atoms with Gasteiger partial charge in [-0.1, -0.05) is 31.4 Å². The van der Waals surface area contributed by atoms with Crippen molar-refractivity contribution in [2.75, 3.05) is 6.54 Å². The van der Waals surface area contributed by atoms with E-state index in [4.69, 9.17) is 0 Å². The zero-order valence-corrected chi connectivity index (χ0v) is 11.0. The van der Waals surface area contributed by atoms with Crippen molar-refractivity contribution >= 4 is 0 Å². The first kappa shape index (κ1) is 13.5. The lowest BCUT2D eigenvalue weighted by atomic mass is 9.85. The van der Waals surface area contributed by atoms with Crippen molar-refractivity contribution in [2.45, 2.75) is 51.2 Å². The van der Waals surface area contributed by atoms with Crippen molar-refractivity contribution in [1.82, 2.24) is 5.32 Å². The standard InChI is InChI=1S/C15H22FNO/c1-12-9-13(5-6-14(12)16)10-17-11-15(18)7-3-2-4-8-15/h5-6,9,17-18H,2-4,7-8,10-11H2,1H3. The van der Waals surface area contributed by atoms with Crippen LogP contribution in [0.3, 0.4) is 0 Å². The van der Waals surface area contributed by atoms with Crippen LogP contribution in [0.1, 0.15) is 43.2 Å². The van der Waals surface area contributed by atoms with Crippen LogP contribution >= 0.6 is 0 Å². The van der Waals surface area contributed by atoms with E-state index in [1.54, 1.807) is 13.0 Å². The lowest BCUT2D eigenvalue weighted by Gasteiger charge is -2.32. The van der Waals surface area contributed by atoms with Crippen LogP contribution in [0.2, 0.25) is 0 Å². The highest BCUT2D eigenvalue weighted by Crippen LogP contribution is 2.27. The zero-order chi connectivity index (χ0) is 13.0. The third kappa shape index (κ3) is 3.53. The molecule has 18 heavy (non-hydrogen) atoms. The normalized spacial score (nSPS) is 18.8. The number of aryl methyl sites for hydroxylation is 1. The van der Waals surface area contributed by atoms with Gasteiger partial charge in [-0.05, 0) is 37.0 Å². The Morgan fingerprint density at radius 1 is 1.28 bits per heavy atom. The molecule has 0 spiro atoms. The second kappa shape index (κ2) is 5.81. The Balaban J connectivity index is 1.82. The van der Waals surface area contributed by atoms with Crippen molar-refractivity contribution in [1.29, 1.82) is 0 Å². The zero-order valence-electron chi connectivity index (χ0n) is 11.0. The van der Waals surface area contributed by atoms with Crippen LogP contribution in [-0.4, -0.2) is 17.3 Å². The molecule has 2 rings (SSSR count). The number of aliphatic hydroxyl groups is 1. The van der Waals surface area contributed by atoms with Crippen molar-refractivity contribution in [2.24, 2.45) is 0 Å². The van der Waals surface area contributed by atoms with E-state index in [9.17, 15) is 9.50 Å². The summed E-state index contributed by atoms with van der Waals surface area (Å²) >= 11 is 0. The van der Waals surface area contributed by atoms with Gasteiger partial charge in [-0.2, -0.15) is 0 Å². The molecule has 2 nitrogen and oxygen atoms in total. The number of hydrogen-bond acceptors (Lipinski definition) is 2. The van der Waals surface area contributed by atoms with E-state index in [2.05, 4.69) is 5.32 Å². The van der Waals surface area contributed by atoms with Crippen molar-refractivity contribution in [3.8, 4) is 0 Å². The summed E-state index contributed by atoms with van der Waals surface area (Å²) in [5.74, 6) is -0.162. The van der Waals surface area contributed by atoms with Crippen LogP contribution in [0.5, 0.6) is 0 Å². The quantitative estimate of drug-likeness (QED) is 0.862. The van der Waals surface area contributed by atoms with Crippen LogP contribution in [0.25, 0.3) is 0 Å².